The summed E-state index contributed by atoms with van der Waals surface area (Å²) in [6.07, 6.45) is 4.87. The molecule has 0 fully saturated rings. The number of nitrogens with one attached hydrogen (secondary N) is 1. The highest BCUT2D eigenvalue weighted by molar-refractivity contribution is 9.10. The lowest BCUT2D eigenvalue weighted by Crippen LogP contribution is -2.20. The lowest BCUT2D eigenvalue weighted by atomic mass is 10.2. The Morgan fingerprint density at radius 1 is 1.36 bits per heavy atom. The Morgan fingerprint density at radius 2 is 2.16 bits per heavy atom. The third-order valence-electron chi connectivity index (χ3n) is 3.60. The largest absolute Gasteiger partial charge is 0.322 e. The van der Waals surface area contributed by atoms with Gasteiger partial charge in [0.1, 0.15) is 12.4 Å². The lowest BCUT2D eigenvalue weighted by Gasteiger charge is -2.06. The van der Waals surface area contributed by atoms with E-state index in [4.69, 9.17) is 11.6 Å². The quantitative estimate of drug-likeness (QED) is 0.677. The summed E-state index contributed by atoms with van der Waals surface area (Å²) in [5.74, 6) is -0.596. The number of aromatic nitrogens is 4. The zero-order valence-corrected chi connectivity index (χ0v) is 15.6. The molecule has 1 amide bonds. The summed E-state index contributed by atoms with van der Waals surface area (Å²) >= 11 is 9.37. The van der Waals surface area contributed by atoms with E-state index in [9.17, 15) is 9.18 Å². The molecule has 0 bridgehead atoms. The summed E-state index contributed by atoms with van der Waals surface area (Å²) in [6, 6.07) is 4.21. The minimum absolute atomic E-state index is 0.104. The van der Waals surface area contributed by atoms with Gasteiger partial charge < -0.3 is 5.32 Å². The Labute approximate surface area is 156 Å². The number of nitrogens with zero attached hydrogens (tertiary/aromatic N) is 4. The fourth-order valence-electron chi connectivity index (χ4n) is 2.26. The van der Waals surface area contributed by atoms with Crippen LogP contribution in [0.25, 0.3) is 0 Å². The van der Waals surface area contributed by atoms with Crippen molar-refractivity contribution in [3.63, 3.8) is 0 Å². The van der Waals surface area contributed by atoms with Crippen LogP contribution in [0.15, 0.2) is 41.3 Å². The molecule has 6 nitrogen and oxygen atoms in total. The standard InChI is InChI=1S/C16H14BrClFN5O/c1-10-14(17)6-21-24(10)9-16(25)22-13-5-20-23(8-13)7-11-2-3-12(19)4-15(11)18/h2-6,8H,7,9H2,1H3,(H,22,25). The molecule has 130 valence electrons. The molecule has 1 aromatic carbocycles. The van der Waals surface area contributed by atoms with E-state index < -0.39 is 0 Å². The van der Waals surface area contributed by atoms with Crippen LogP contribution in [0, 0.1) is 12.7 Å². The molecule has 9 heteroatoms. The first kappa shape index (κ1) is 17.6. The van der Waals surface area contributed by atoms with Crippen LogP contribution in [0.1, 0.15) is 11.3 Å². The maximum Gasteiger partial charge on any atom is 0.246 e. The van der Waals surface area contributed by atoms with Gasteiger partial charge in [0.05, 0.1) is 34.8 Å². The minimum Gasteiger partial charge on any atom is -0.322 e. The number of carbonyl (C=O) groups excluding carboxylic acids is 1. The van der Waals surface area contributed by atoms with Crippen molar-refractivity contribution in [1.82, 2.24) is 19.6 Å². The summed E-state index contributed by atoms with van der Waals surface area (Å²) in [4.78, 5) is 12.1. The van der Waals surface area contributed by atoms with Crippen molar-refractivity contribution in [2.75, 3.05) is 5.32 Å². The van der Waals surface area contributed by atoms with E-state index in [0.29, 0.717) is 17.3 Å². The Hall–Kier alpha value is -2.19. The van der Waals surface area contributed by atoms with Crippen molar-refractivity contribution >= 4 is 39.1 Å². The van der Waals surface area contributed by atoms with Crippen LogP contribution in [0.3, 0.4) is 0 Å². The molecule has 3 rings (SSSR count). The zero-order chi connectivity index (χ0) is 18.0. The first-order valence-corrected chi connectivity index (χ1v) is 8.53. The number of hydrogen-bond donors (Lipinski definition) is 1. The van der Waals surface area contributed by atoms with Gasteiger partial charge in [-0.15, -0.1) is 0 Å². The molecule has 0 saturated heterocycles. The summed E-state index contributed by atoms with van der Waals surface area (Å²) in [6.45, 7) is 2.35. The maximum atomic E-state index is 13.1. The van der Waals surface area contributed by atoms with Crippen LogP contribution in [-0.4, -0.2) is 25.5 Å². The molecule has 25 heavy (non-hydrogen) atoms. The first-order chi connectivity index (χ1) is 11.9. The highest BCUT2D eigenvalue weighted by atomic mass is 79.9. The number of benzene rings is 1. The van der Waals surface area contributed by atoms with E-state index >= 15 is 0 Å². The smallest absolute Gasteiger partial charge is 0.246 e. The van der Waals surface area contributed by atoms with Gasteiger partial charge in [0.2, 0.25) is 5.91 Å². The molecular formula is C16H14BrClFN5O. The van der Waals surface area contributed by atoms with Crippen molar-refractivity contribution in [3.8, 4) is 0 Å². The SMILES string of the molecule is Cc1c(Br)cnn1CC(=O)Nc1cnn(Cc2ccc(F)cc2Cl)c1. The molecule has 0 atom stereocenters. The van der Waals surface area contributed by atoms with Crippen molar-refractivity contribution in [2.24, 2.45) is 0 Å². The molecular weight excluding hydrogens is 413 g/mol. The van der Waals surface area contributed by atoms with Crippen LogP contribution in [0.2, 0.25) is 5.02 Å². The van der Waals surface area contributed by atoms with E-state index in [0.717, 1.165) is 15.7 Å². The third kappa shape index (κ3) is 4.26. The van der Waals surface area contributed by atoms with Crippen LogP contribution in [0.5, 0.6) is 0 Å². The topological polar surface area (TPSA) is 64.7 Å². The Morgan fingerprint density at radius 3 is 2.84 bits per heavy atom. The molecule has 0 aliphatic heterocycles. The first-order valence-electron chi connectivity index (χ1n) is 7.36. The van der Waals surface area contributed by atoms with Crippen molar-refractivity contribution < 1.29 is 9.18 Å². The summed E-state index contributed by atoms with van der Waals surface area (Å²) in [7, 11) is 0. The van der Waals surface area contributed by atoms with Gasteiger partial charge in [-0.05, 0) is 40.5 Å². The molecule has 0 unspecified atom stereocenters. The number of amides is 1. The highest BCUT2D eigenvalue weighted by Gasteiger charge is 2.10. The molecule has 0 spiro atoms. The van der Waals surface area contributed by atoms with E-state index in [-0.39, 0.29) is 18.3 Å². The maximum absolute atomic E-state index is 13.1. The molecule has 0 saturated carbocycles. The van der Waals surface area contributed by atoms with Crippen LogP contribution < -0.4 is 5.32 Å². The Balaban J connectivity index is 1.63. The monoisotopic (exact) mass is 425 g/mol. The van der Waals surface area contributed by atoms with Crippen LogP contribution >= 0.6 is 27.5 Å². The number of rotatable bonds is 5. The fourth-order valence-corrected chi connectivity index (χ4v) is 2.78. The second kappa shape index (κ2) is 7.37. The van der Waals surface area contributed by atoms with Crippen molar-refractivity contribution in [1.29, 1.82) is 0 Å². The zero-order valence-electron chi connectivity index (χ0n) is 13.2. The molecule has 3 aromatic rings. The van der Waals surface area contributed by atoms with Gasteiger partial charge in [-0.2, -0.15) is 10.2 Å². The van der Waals surface area contributed by atoms with E-state index in [1.807, 2.05) is 6.92 Å². The second-order valence-electron chi connectivity index (χ2n) is 5.45. The Kier molecular flexibility index (Phi) is 5.19. The van der Waals surface area contributed by atoms with Crippen LogP contribution in [-0.2, 0) is 17.9 Å². The van der Waals surface area contributed by atoms with Gasteiger partial charge in [-0.3, -0.25) is 14.2 Å². The van der Waals surface area contributed by atoms with Gasteiger partial charge in [0.25, 0.3) is 0 Å². The normalized spacial score (nSPS) is 10.9. The summed E-state index contributed by atoms with van der Waals surface area (Å²) in [5.41, 5.74) is 2.17. The van der Waals surface area contributed by atoms with Gasteiger partial charge in [-0.1, -0.05) is 17.7 Å². The molecule has 0 radical (unpaired) electrons. The minimum atomic E-state index is -0.386. The van der Waals surface area contributed by atoms with Crippen molar-refractivity contribution in [3.05, 3.63) is 63.4 Å². The molecule has 0 aliphatic carbocycles. The number of halogens is 3. The molecule has 1 N–H and O–H groups in total. The number of carbonyl (C=O) groups is 1. The average Bonchev–Trinajstić information content (AvgIpc) is 3.11. The highest BCUT2D eigenvalue weighted by Crippen LogP contribution is 2.19. The fraction of sp³-hybridized carbons (Fsp3) is 0.188. The number of anilines is 1. The van der Waals surface area contributed by atoms with Gasteiger partial charge in [-0.25, -0.2) is 4.39 Å². The van der Waals surface area contributed by atoms with Gasteiger partial charge >= 0.3 is 0 Å². The predicted octanol–water partition coefficient (Wildman–Crippen LogP) is 3.63. The summed E-state index contributed by atoms with van der Waals surface area (Å²) in [5, 5.41) is 11.4. The predicted molar refractivity (Wildman–Crippen MR) is 96.0 cm³/mol. The molecule has 2 heterocycles. The molecule has 2 aromatic heterocycles. The second-order valence-corrected chi connectivity index (χ2v) is 6.71. The third-order valence-corrected chi connectivity index (χ3v) is 4.73. The lowest BCUT2D eigenvalue weighted by molar-refractivity contribution is -0.116. The van der Waals surface area contributed by atoms with E-state index in [2.05, 4.69) is 31.4 Å². The van der Waals surface area contributed by atoms with Crippen LogP contribution in [0.4, 0.5) is 10.1 Å². The van der Waals surface area contributed by atoms with E-state index in [1.165, 1.54) is 12.1 Å². The van der Waals surface area contributed by atoms with E-state index in [1.54, 1.807) is 34.0 Å². The van der Waals surface area contributed by atoms with Gasteiger partial charge in [0.15, 0.2) is 0 Å². The Bertz CT molecular complexity index is 923. The summed E-state index contributed by atoms with van der Waals surface area (Å²) < 4.78 is 17.1. The average molecular weight is 427 g/mol. The van der Waals surface area contributed by atoms with Crippen molar-refractivity contribution in [2.45, 2.75) is 20.0 Å². The number of hydrogen-bond acceptors (Lipinski definition) is 3. The van der Waals surface area contributed by atoms with Gasteiger partial charge in [0, 0.05) is 11.2 Å². The molecule has 0 aliphatic rings.